The van der Waals surface area contributed by atoms with Gasteiger partial charge in [0.25, 0.3) is 15.9 Å². The Morgan fingerprint density at radius 2 is 1.53 bits per heavy atom. The van der Waals surface area contributed by atoms with Crippen LogP contribution in [0.1, 0.15) is 28.8 Å². The molecule has 1 aliphatic heterocycles. The van der Waals surface area contributed by atoms with E-state index in [4.69, 9.17) is 0 Å². The lowest BCUT2D eigenvalue weighted by atomic mass is 10.1. The first-order valence-electron chi connectivity index (χ1n) is 11.7. The molecule has 0 bridgehead atoms. The number of anilines is 2. The number of benzene rings is 4. The summed E-state index contributed by atoms with van der Waals surface area (Å²) in [5.74, 6) is -0.575. The van der Waals surface area contributed by atoms with Crippen molar-refractivity contribution in [3.05, 3.63) is 102 Å². The lowest BCUT2D eigenvalue weighted by molar-refractivity contribution is -0.116. The van der Waals surface area contributed by atoms with Crippen LogP contribution in [0.15, 0.2) is 95.9 Å². The van der Waals surface area contributed by atoms with Gasteiger partial charge in [-0.15, -0.1) is 0 Å². The largest absolute Gasteiger partial charge is 0.348 e. The molecule has 0 atom stereocenters. The van der Waals surface area contributed by atoms with E-state index in [-0.39, 0.29) is 24.8 Å². The van der Waals surface area contributed by atoms with Crippen LogP contribution < -0.4 is 14.9 Å². The summed E-state index contributed by atoms with van der Waals surface area (Å²) in [7, 11) is -3.65. The number of hydrogen-bond donors (Lipinski definition) is 2. The predicted molar refractivity (Wildman–Crippen MR) is 140 cm³/mol. The van der Waals surface area contributed by atoms with Crippen LogP contribution in [0.2, 0.25) is 0 Å². The lowest BCUT2D eigenvalue weighted by Crippen LogP contribution is -2.29. The zero-order chi connectivity index (χ0) is 25.1. The summed E-state index contributed by atoms with van der Waals surface area (Å²) in [6.07, 6.45) is 0.441. The SMILES string of the molecule is O=C(CCCN1c2cccc3cccc(c23)S1(=O)=O)Nc1ccccc1C(=O)NCc1ccccc1. The normalized spacial score (nSPS) is 13.5. The van der Waals surface area contributed by atoms with Crippen molar-refractivity contribution in [2.75, 3.05) is 16.2 Å². The number of nitrogens with zero attached hydrogens (tertiary/aromatic N) is 1. The van der Waals surface area contributed by atoms with Gasteiger partial charge in [0, 0.05) is 24.9 Å². The second-order valence-electron chi connectivity index (χ2n) is 8.57. The Balaban J connectivity index is 1.21. The molecule has 0 aromatic heterocycles. The summed E-state index contributed by atoms with van der Waals surface area (Å²) < 4.78 is 27.6. The molecule has 1 aliphatic rings. The van der Waals surface area contributed by atoms with E-state index in [1.54, 1.807) is 42.5 Å². The van der Waals surface area contributed by atoms with Gasteiger partial charge in [0.2, 0.25) is 5.91 Å². The van der Waals surface area contributed by atoms with Crippen LogP contribution in [-0.4, -0.2) is 26.8 Å². The van der Waals surface area contributed by atoms with Gasteiger partial charge in [0.15, 0.2) is 0 Å². The smallest absolute Gasteiger partial charge is 0.265 e. The second-order valence-corrected chi connectivity index (χ2v) is 10.4. The van der Waals surface area contributed by atoms with Crippen molar-refractivity contribution < 1.29 is 18.0 Å². The molecule has 0 aliphatic carbocycles. The maximum Gasteiger partial charge on any atom is 0.265 e. The fourth-order valence-corrected chi connectivity index (χ4v) is 6.21. The summed E-state index contributed by atoms with van der Waals surface area (Å²) in [4.78, 5) is 25.7. The van der Waals surface area contributed by atoms with Crippen LogP contribution >= 0.6 is 0 Å². The molecule has 0 spiro atoms. The quantitative estimate of drug-likeness (QED) is 0.367. The average molecular weight is 500 g/mol. The number of rotatable bonds is 8. The topological polar surface area (TPSA) is 95.6 Å². The van der Waals surface area contributed by atoms with Gasteiger partial charge >= 0.3 is 0 Å². The number of sulfonamides is 1. The van der Waals surface area contributed by atoms with Gasteiger partial charge in [0.1, 0.15) is 0 Å². The Labute approximate surface area is 209 Å². The van der Waals surface area contributed by atoms with E-state index in [2.05, 4.69) is 10.6 Å². The van der Waals surface area contributed by atoms with Crippen LogP contribution in [0.3, 0.4) is 0 Å². The van der Waals surface area contributed by atoms with E-state index in [1.165, 1.54) is 4.31 Å². The number of nitrogens with one attached hydrogen (secondary N) is 2. The van der Waals surface area contributed by atoms with Gasteiger partial charge in [-0.2, -0.15) is 0 Å². The Morgan fingerprint density at radius 1 is 0.806 bits per heavy atom. The third-order valence-electron chi connectivity index (χ3n) is 6.19. The van der Waals surface area contributed by atoms with E-state index in [0.717, 1.165) is 16.3 Å². The highest BCUT2D eigenvalue weighted by molar-refractivity contribution is 7.93. The van der Waals surface area contributed by atoms with Crippen molar-refractivity contribution in [3.8, 4) is 0 Å². The highest BCUT2D eigenvalue weighted by Crippen LogP contribution is 2.41. The Morgan fingerprint density at radius 3 is 2.33 bits per heavy atom. The minimum atomic E-state index is -3.65. The molecule has 4 aromatic carbocycles. The van der Waals surface area contributed by atoms with E-state index in [0.29, 0.717) is 34.8 Å². The Hall–Kier alpha value is -4.17. The molecule has 0 unspecified atom stereocenters. The molecule has 0 radical (unpaired) electrons. The Kier molecular flexibility index (Phi) is 6.43. The monoisotopic (exact) mass is 499 g/mol. The van der Waals surface area contributed by atoms with Crippen molar-refractivity contribution in [2.45, 2.75) is 24.3 Å². The van der Waals surface area contributed by atoms with Crippen molar-refractivity contribution in [1.82, 2.24) is 5.32 Å². The summed E-state index contributed by atoms with van der Waals surface area (Å²) in [5.41, 5.74) is 2.40. The van der Waals surface area contributed by atoms with Crippen LogP contribution in [0.4, 0.5) is 11.4 Å². The first kappa shape index (κ1) is 23.6. The fraction of sp³-hybridized carbons (Fsp3) is 0.143. The van der Waals surface area contributed by atoms with Gasteiger partial charge < -0.3 is 10.6 Å². The third kappa shape index (κ3) is 4.55. The predicted octanol–water partition coefficient (Wildman–Crippen LogP) is 4.70. The minimum absolute atomic E-state index is 0.109. The van der Waals surface area contributed by atoms with Crippen LogP contribution in [-0.2, 0) is 21.4 Å². The molecule has 4 aromatic rings. The summed E-state index contributed by atoms with van der Waals surface area (Å²) >= 11 is 0. The maximum absolute atomic E-state index is 13.1. The van der Waals surface area contributed by atoms with Crippen molar-refractivity contribution in [3.63, 3.8) is 0 Å². The van der Waals surface area contributed by atoms with E-state index in [1.807, 2.05) is 48.5 Å². The molecule has 0 saturated heterocycles. The molecular formula is C28H25N3O4S. The molecule has 1 heterocycles. The average Bonchev–Trinajstić information content (AvgIpc) is 3.11. The van der Waals surface area contributed by atoms with Crippen LogP contribution in [0, 0.1) is 0 Å². The zero-order valence-electron chi connectivity index (χ0n) is 19.5. The number of carbonyl (C=O) groups excluding carboxylic acids is 2. The van der Waals surface area contributed by atoms with Gasteiger partial charge in [-0.1, -0.05) is 66.7 Å². The summed E-state index contributed by atoms with van der Waals surface area (Å²) in [6, 6.07) is 27.2. The third-order valence-corrected chi connectivity index (χ3v) is 8.04. The summed E-state index contributed by atoms with van der Waals surface area (Å²) in [6.45, 7) is 0.560. The van der Waals surface area contributed by atoms with E-state index in [9.17, 15) is 18.0 Å². The van der Waals surface area contributed by atoms with Gasteiger partial charge in [-0.25, -0.2) is 8.42 Å². The number of para-hydroxylation sites is 1. The number of hydrogen-bond acceptors (Lipinski definition) is 4. The van der Waals surface area contributed by atoms with Crippen molar-refractivity contribution >= 4 is 44.0 Å². The molecule has 2 amide bonds. The highest BCUT2D eigenvalue weighted by atomic mass is 32.2. The van der Waals surface area contributed by atoms with Crippen molar-refractivity contribution in [1.29, 1.82) is 0 Å². The Bertz CT molecular complexity index is 1550. The molecule has 0 fully saturated rings. The first-order valence-corrected chi connectivity index (χ1v) is 13.1. The molecule has 36 heavy (non-hydrogen) atoms. The molecule has 5 rings (SSSR count). The van der Waals surface area contributed by atoms with Crippen LogP contribution in [0.5, 0.6) is 0 Å². The van der Waals surface area contributed by atoms with Gasteiger partial charge in [-0.3, -0.25) is 13.9 Å². The number of amides is 2. The molecule has 0 saturated carbocycles. The van der Waals surface area contributed by atoms with Crippen LogP contribution in [0.25, 0.3) is 10.8 Å². The second kappa shape index (κ2) is 9.83. The molecule has 182 valence electrons. The molecule has 8 heteroatoms. The van der Waals surface area contributed by atoms with Gasteiger partial charge in [-0.05, 0) is 41.6 Å². The van der Waals surface area contributed by atoms with E-state index >= 15 is 0 Å². The highest BCUT2D eigenvalue weighted by Gasteiger charge is 2.35. The van der Waals surface area contributed by atoms with Gasteiger partial charge in [0.05, 0.1) is 21.8 Å². The molecule has 2 N–H and O–H groups in total. The lowest BCUT2D eigenvalue weighted by Gasteiger charge is -2.18. The minimum Gasteiger partial charge on any atom is -0.348 e. The maximum atomic E-state index is 13.1. The molecular weight excluding hydrogens is 474 g/mol. The number of carbonyl (C=O) groups is 2. The van der Waals surface area contributed by atoms with Crippen molar-refractivity contribution in [2.24, 2.45) is 0 Å². The standard InChI is InChI=1S/C28H25N3O4S/c32-26(30-23-14-5-4-13-22(23)28(33)29-19-20-9-2-1-3-10-20)17-8-18-31-24-15-6-11-21-12-7-16-25(27(21)24)36(31,34)35/h1-7,9-16H,8,17-19H2,(H,29,33)(H,30,32). The van der Waals surface area contributed by atoms with E-state index < -0.39 is 10.0 Å². The fourth-order valence-electron chi connectivity index (χ4n) is 4.46. The first-order chi connectivity index (χ1) is 17.4. The molecule has 7 nitrogen and oxygen atoms in total. The zero-order valence-corrected chi connectivity index (χ0v) is 20.3. The summed E-state index contributed by atoms with van der Waals surface area (Å²) in [5, 5.41) is 7.27.